The molecule has 7 nitrogen and oxygen atoms in total. The van der Waals surface area contributed by atoms with E-state index in [4.69, 9.17) is 10.3 Å². The van der Waals surface area contributed by atoms with E-state index in [9.17, 15) is 13.2 Å². The average molecular weight is 345 g/mol. The number of nitrogens with two attached hydrogens (primary N) is 1. The van der Waals surface area contributed by atoms with E-state index in [1.54, 1.807) is 36.4 Å². The number of benzene rings is 2. The van der Waals surface area contributed by atoms with Crippen LogP contribution in [0.4, 0.5) is 11.4 Å². The van der Waals surface area contributed by atoms with Crippen LogP contribution < -0.4 is 22.2 Å². The van der Waals surface area contributed by atoms with Gasteiger partial charge in [-0.05, 0) is 30.3 Å². The lowest BCUT2D eigenvalue weighted by atomic mass is 10.2. The first kappa shape index (κ1) is 16.0. The molecule has 0 aliphatic heterocycles. The fourth-order valence-electron chi connectivity index (χ4n) is 2.21. The van der Waals surface area contributed by atoms with Gasteiger partial charge in [0.2, 0.25) is 9.84 Å². The molecule has 0 atom stereocenters. The van der Waals surface area contributed by atoms with Crippen molar-refractivity contribution in [3.63, 3.8) is 0 Å². The van der Waals surface area contributed by atoms with Crippen molar-refractivity contribution in [1.29, 1.82) is 0 Å². The van der Waals surface area contributed by atoms with Gasteiger partial charge in [-0.15, -0.1) is 0 Å². The predicted octanol–water partition coefficient (Wildman–Crippen LogP) is 1.92. The molecule has 0 saturated carbocycles. The highest BCUT2D eigenvalue weighted by Crippen LogP contribution is 2.20. The minimum Gasteiger partial charge on any atom is -0.422 e. The highest BCUT2D eigenvalue weighted by atomic mass is 32.2. The Hall–Kier alpha value is -2.84. The molecule has 0 fully saturated rings. The van der Waals surface area contributed by atoms with Gasteiger partial charge in [0, 0.05) is 17.1 Å². The Labute approximate surface area is 138 Å². The fourth-order valence-corrected chi connectivity index (χ4v) is 3.33. The number of sulfone groups is 1. The molecule has 4 N–H and O–H groups in total. The van der Waals surface area contributed by atoms with Crippen LogP contribution in [0.1, 0.15) is 0 Å². The maximum absolute atomic E-state index is 12.4. The van der Waals surface area contributed by atoms with E-state index in [0.717, 1.165) is 0 Å². The topological polar surface area (TPSA) is 114 Å². The van der Waals surface area contributed by atoms with Gasteiger partial charge in [0.1, 0.15) is 11.5 Å². The molecule has 24 heavy (non-hydrogen) atoms. The lowest BCUT2D eigenvalue weighted by molar-refractivity contribution is 0.533. The summed E-state index contributed by atoms with van der Waals surface area (Å²) in [6.45, 7) is 0. The number of rotatable bonds is 5. The van der Waals surface area contributed by atoms with Crippen LogP contribution in [0.25, 0.3) is 11.0 Å². The molecule has 2 aromatic carbocycles. The normalized spacial score (nSPS) is 11.4. The van der Waals surface area contributed by atoms with Gasteiger partial charge in [0.25, 0.3) is 0 Å². The first-order valence-corrected chi connectivity index (χ1v) is 8.71. The first-order valence-electron chi connectivity index (χ1n) is 7.06. The zero-order chi connectivity index (χ0) is 17.2. The van der Waals surface area contributed by atoms with Crippen molar-refractivity contribution in [2.75, 3.05) is 16.6 Å². The van der Waals surface area contributed by atoms with Crippen molar-refractivity contribution < 1.29 is 12.8 Å². The zero-order valence-electron chi connectivity index (χ0n) is 12.5. The molecule has 3 aromatic rings. The number of nitrogens with one attached hydrogen (secondary N) is 2. The van der Waals surface area contributed by atoms with Gasteiger partial charge >= 0.3 is 5.63 Å². The molecular weight excluding hydrogens is 330 g/mol. The molecule has 0 aliphatic carbocycles. The summed E-state index contributed by atoms with van der Waals surface area (Å²) in [4.78, 5) is 11.7. The molecule has 0 saturated heterocycles. The second kappa shape index (κ2) is 6.34. The molecular formula is C16H15N3O4S. The highest BCUT2D eigenvalue weighted by molar-refractivity contribution is 7.91. The quantitative estimate of drug-likeness (QED) is 0.368. The second-order valence-electron chi connectivity index (χ2n) is 5.10. The van der Waals surface area contributed by atoms with Crippen LogP contribution in [0.3, 0.4) is 0 Å². The van der Waals surface area contributed by atoms with Gasteiger partial charge in [0.15, 0.2) is 4.90 Å². The van der Waals surface area contributed by atoms with E-state index in [1.807, 2.05) is 6.07 Å². The third-order valence-electron chi connectivity index (χ3n) is 3.45. The van der Waals surface area contributed by atoms with Crippen molar-refractivity contribution in [3.05, 3.63) is 65.0 Å². The standard InChI is InChI=1S/C16H15N3O4S/c17-19-13-7-6-11-8-15(16(20)23-14(11)9-13)24(21,22)10-18-12-4-2-1-3-5-12/h1-9,18-19H,10,17H2. The monoisotopic (exact) mass is 345 g/mol. The SMILES string of the molecule is NNc1ccc2cc(S(=O)(=O)CNc3ccccc3)c(=O)oc2c1. The van der Waals surface area contributed by atoms with Gasteiger partial charge < -0.3 is 15.2 Å². The zero-order valence-corrected chi connectivity index (χ0v) is 13.3. The summed E-state index contributed by atoms with van der Waals surface area (Å²) < 4.78 is 30.0. The maximum atomic E-state index is 12.4. The van der Waals surface area contributed by atoms with Crippen LogP contribution in [-0.2, 0) is 9.84 Å². The average Bonchev–Trinajstić information content (AvgIpc) is 2.59. The van der Waals surface area contributed by atoms with Crippen molar-refractivity contribution in [3.8, 4) is 0 Å². The van der Waals surface area contributed by atoms with E-state index in [2.05, 4.69) is 10.7 Å². The van der Waals surface area contributed by atoms with Crippen LogP contribution in [-0.4, -0.2) is 14.3 Å². The molecule has 0 aliphatic rings. The lowest BCUT2D eigenvalue weighted by Gasteiger charge is -2.08. The van der Waals surface area contributed by atoms with E-state index in [-0.39, 0.29) is 10.5 Å². The fraction of sp³-hybridized carbons (Fsp3) is 0.0625. The number of nitrogen functional groups attached to an aromatic ring is 1. The van der Waals surface area contributed by atoms with Gasteiger partial charge in [-0.1, -0.05) is 18.2 Å². The molecule has 1 aromatic heterocycles. The Morgan fingerprint density at radius 3 is 2.46 bits per heavy atom. The number of anilines is 2. The van der Waals surface area contributed by atoms with E-state index >= 15 is 0 Å². The molecule has 0 bridgehead atoms. The van der Waals surface area contributed by atoms with Gasteiger partial charge in [-0.25, -0.2) is 13.2 Å². The van der Waals surface area contributed by atoms with Gasteiger partial charge in [-0.2, -0.15) is 0 Å². The molecule has 124 valence electrons. The maximum Gasteiger partial charge on any atom is 0.355 e. The third kappa shape index (κ3) is 3.24. The van der Waals surface area contributed by atoms with Crippen LogP contribution in [0.15, 0.2) is 68.7 Å². The predicted molar refractivity (Wildman–Crippen MR) is 92.4 cm³/mol. The first-order chi connectivity index (χ1) is 11.5. The summed E-state index contributed by atoms with van der Waals surface area (Å²) >= 11 is 0. The smallest absolute Gasteiger partial charge is 0.355 e. The van der Waals surface area contributed by atoms with Crippen molar-refractivity contribution in [2.45, 2.75) is 4.90 Å². The molecule has 0 radical (unpaired) electrons. The number of hydrogen-bond acceptors (Lipinski definition) is 7. The summed E-state index contributed by atoms with van der Waals surface area (Å²) in [5.74, 6) is 4.89. The van der Waals surface area contributed by atoms with E-state index in [1.165, 1.54) is 12.1 Å². The van der Waals surface area contributed by atoms with Gasteiger partial charge in [-0.3, -0.25) is 5.84 Å². The Kier molecular flexibility index (Phi) is 4.24. The largest absolute Gasteiger partial charge is 0.422 e. The molecule has 0 spiro atoms. The Morgan fingerprint density at radius 1 is 1.00 bits per heavy atom. The van der Waals surface area contributed by atoms with E-state index in [0.29, 0.717) is 16.8 Å². The van der Waals surface area contributed by atoms with E-state index < -0.39 is 21.3 Å². The highest BCUT2D eigenvalue weighted by Gasteiger charge is 2.20. The van der Waals surface area contributed by atoms with Crippen molar-refractivity contribution >= 4 is 32.2 Å². The summed E-state index contributed by atoms with van der Waals surface area (Å²) in [5, 5.41) is 3.27. The number of hydrogen-bond donors (Lipinski definition) is 3. The Balaban J connectivity index is 1.95. The van der Waals surface area contributed by atoms with Gasteiger partial charge in [0.05, 0.1) is 5.69 Å². The molecule has 0 amide bonds. The Bertz CT molecular complexity index is 1030. The summed E-state index contributed by atoms with van der Waals surface area (Å²) in [7, 11) is -3.85. The minimum absolute atomic E-state index is 0.255. The van der Waals surface area contributed by atoms with Crippen LogP contribution in [0.2, 0.25) is 0 Å². The number of fused-ring (bicyclic) bond motifs is 1. The third-order valence-corrected chi connectivity index (χ3v) is 4.92. The molecule has 8 heteroatoms. The molecule has 3 rings (SSSR count). The van der Waals surface area contributed by atoms with Crippen LogP contribution in [0.5, 0.6) is 0 Å². The van der Waals surface area contributed by atoms with Crippen molar-refractivity contribution in [2.24, 2.45) is 5.84 Å². The molecule has 0 unspecified atom stereocenters. The summed E-state index contributed by atoms with van der Waals surface area (Å²) in [6.07, 6.45) is 0. The summed E-state index contributed by atoms with van der Waals surface area (Å²) in [6, 6.07) is 15.0. The minimum atomic E-state index is -3.85. The Morgan fingerprint density at radius 2 is 1.75 bits per heavy atom. The van der Waals surface area contributed by atoms with Crippen molar-refractivity contribution in [1.82, 2.24) is 0 Å². The summed E-state index contributed by atoms with van der Waals surface area (Å²) in [5.41, 5.74) is 2.97. The lowest BCUT2D eigenvalue weighted by Crippen LogP contribution is -2.21. The number of para-hydroxylation sites is 1. The van der Waals surface area contributed by atoms with Crippen LogP contribution in [0, 0.1) is 0 Å². The second-order valence-corrected chi connectivity index (χ2v) is 7.05. The molecule has 1 heterocycles. The van der Waals surface area contributed by atoms with Crippen LogP contribution >= 0.6 is 0 Å². The number of hydrazine groups is 1.